The van der Waals surface area contributed by atoms with Gasteiger partial charge in [-0.3, -0.25) is 4.90 Å². The van der Waals surface area contributed by atoms with E-state index in [0.29, 0.717) is 28.5 Å². The summed E-state index contributed by atoms with van der Waals surface area (Å²) in [5, 5.41) is 3.33. The van der Waals surface area contributed by atoms with Crippen LogP contribution >= 0.6 is 15.9 Å². The van der Waals surface area contributed by atoms with Gasteiger partial charge in [-0.25, -0.2) is 8.42 Å². The predicted molar refractivity (Wildman–Crippen MR) is 85.7 cm³/mol. The normalized spacial score (nSPS) is 25.3. The Hall–Kier alpha value is -0.470. The Labute approximate surface area is 134 Å². The fraction of sp³-hybridized carbons (Fsp3) is 0.571. The van der Waals surface area contributed by atoms with Crippen molar-refractivity contribution in [1.82, 2.24) is 14.5 Å². The van der Waals surface area contributed by atoms with Crippen molar-refractivity contribution >= 4 is 26.0 Å². The molecule has 0 aliphatic carbocycles. The van der Waals surface area contributed by atoms with Crippen molar-refractivity contribution in [3.05, 3.63) is 28.7 Å². The van der Waals surface area contributed by atoms with Crippen molar-refractivity contribution in [2.45, 2.75) is 17.4 Å². The van der Waals surface area contributed by atoms with Crippen LogP contribution in [0, 0.1) is 0 Å². The average molecular weight is 374 g/mol. The second-order valence-corrected chi connectivity index (χ2v) is 8.28. The van der Waals surface area contributed by atoms with Gasteiger partial charge in [-0.05, 0) is 34.5 Å². The third-order valence-electron chi connectivity index (χ3n) is 4.25. The maximum atomic E-state index is 12.7. The predicted octanol–water partition coefficient (Wildman–Crippen LogP) is 1.12. The zero-order valence-corrected chi connectivity index (χ0v) is 14.2. The van der Waals surface area contributed by atoms with Gasteiger partial charge in [0.15, 0.2) is 0 Å². The first-order valence-corrected chi connectivity index (χ1v) is 9.52. The molecule has 2 fully saturated rings. The van der Waals surface area contributed by atoms with Crippen molar-refractivity contribution in [1.29, 1.82) is 0 Å². The zero-order valence-electron chi connectivity index (χ0n) is 11.8. The smallest absolute Gasteiger partial charge is 0.244 e. The quantitative estimate of drug-likeness (QED) is 0.862. The number of nitrogens with zero attached hydrogens (tertiary/aromatic N) is 2. The highest BCUT2D eigenvalue weighted by Crippen LogP contribution is 2.28. The Morgan fingerprint density at radius 3 is 2.57 bits per heavy atom. The van der Waals surface area contributed by atoms with Crippen LogP contribution in [0.5, 0.6) is 0 Å². The third-order valence-corrected chi connectivity index (χ3v) is 7.13. The topological polar surface area (TPSA) is 52.7 Å². The molecular formula is C14H20BrN3O2S. The molecule has 0 saturated carbocycles. The fourth-order valence-corrected chi connectivity index (χ4v) is 5.52. The molecule has 1 atom stereocenters. The summed E-state index contributed by atoms with van der Waals surface area (Å²) in [5.74, 6) is 0. The maximum absolute atomic E-state index is 12.7. The molecule has 0 spiro atoms. The van der Waals surface area contributed by atoms with Crippen LogP contribution in [0.15, 0.2) is 33.6 Å². The summed E-state index contributed by atoms with van der Waals surface area (Å²) >= 11 is 3.35. The van der Waals surface area contributed by atoms with Crippen LogP contribution < -0.4 is 5.32 Å². The Morgan fingerprint density at radius 1 is 1.14 bits per heavy atom. The lowest BCUT2D eigenvalue weighted by atomic mass is 10.2. The summed E-state index contributed by atoms with van der Waals surface area (Å²) in [5.41, 5.74) is 0. The lowest BCUT2D eigenvalue weighted by Gasteiger charge is -2.32. The van der Waals surface area contributed by atoms with Crippen LogP contribution in [-0.2, 0) is 10.0 Å². The molecule has 0 radical (unpaired) electrons. The minimum absolute atomic E-state index is 0.351. The van der Waals surface area contributed by atoms with Gasteiger partial charge in [-0.2, -0.15) is 4.31 Å². The van der Waals surface area contributed by atoms with Crippen LogP contribution in [0.4, 0.5) is 0 Å². The highest BCUT2D eigenvalue weighted by Gasteiger charge is 2.36. The zero-order chi connectivity index (χ0) is 14.9. The molecule has 2 aliphatic heterocycles. The Bertz CT molecular complexity index is 602. The lowest BCUT2D eigenvalue weighted by Crippen LogP contribution is -2.49. The summed E-state index contributed by atoms with van der Waals surface area (Å²) in [7, 11) is -3.40. The van der Waals surface area contributed by atoms with Crippen LogP contribution in [0.3, 0.4) is 0 Å². The first-order chi connectivity index (χ1) is 10.1. The molecule has 3 rings (SSSR count). The third kappa shape index (κ3) is 3.17. The molecule has 2 aliphatic rings. The van der Waals surface area contributed by atoms with Crippen LogP contribution in [0.25, 0.3) is 0 Å². The van der Waals surface area contributed by atoms with Crippen molar-refractivity contribution in [3.63, 3.8) is 0 Å². The van der Waals surface area contributed by atoms with Gasteiger partial charge in [-0.1, -0.05) is 12.1 Å². The van der Waals surface area contributed by atoms with Crippen molar-refractivity contribution < 1.29 is 8.42 Å². The van der Waals surface area contributed by atoms with E-state index in [-0.39, 0.29) is 0 Å². The number of rotatable bonds is 3. The molecular weight excluding hydrogens is 354 g/mol. The van der Waals surface area contributed by atoms with E-state index >= 15 is 0 Å². The number of piperazine rings is 1. The summed E-state index contributed by atoms with van der Waals surface area (Å²) in [6, 6.07) is 7.39. The van der Waals surface area contributed by atoms with Crippen molar-refractivity contribution in [2.24, 2.45) is 0 Å². The second kappa shape index (κ2) is 6.34. The molecule has 7 heteroatoms. The van der Waals surface area contributed by atoms with Gasteiger partial charge in [0.1, 0.15) is 0 Å². The van der Waals surface area contributed by atoms with Gasteiger partial charge in [0.25, 0.3) is 0 Å². The minimum atomic E-state index is -3.40. The molecule has 1 aromatic carbocycles. The van der Waals surface area contributed by atoms with E-state index in [2.05, 4.69) is 26.1 Å². The molecule has 2 saturated heterocycles. The van der Waals surface area contributed by atoms with Gasteiger partial charge >= 0.3 is 0 Å². The van der Waals surface area contributed by atoms with E-state index in [9.17, 15) is 8.42 Å². The number of benzene rings is 1. The largest absolute Gasteiger partial charge is 0.314 e. The number of hydrogen-bond acceptors (Lipinski definition) is 4. The number of nitrogens with one attached hydrogen (secondary N) is 1. The van der Waals surface area contributed by atoms with Crippen molar-refractivity contribution in [3.8, 4) is 0 Å². The maximum Gasteiger partial charge on any atom is 0.244 e. The molecule has 0 aromatic heterocycles. The van der Waals surface area contributed by atoms with E-state index < -0.39 is 10.0 Å². The first-order valence-electron chi connectivity index (χ1n) is 7.28. The van der Waals surface area contributed by atoms with Gasteiger partial charge < -0.3 is 5.32 Å². The Morgan fingerprint density at radius 2 is 1.86 bits per heavy atom. The van der Waals surface area contributed by atoms with Gasteiger partial charge in [0.2, 0.25) is 10.0 Å². The highest BCUT2D eigenvalue weighted by molar-refractivity contribution is 9.10. The molecule has 0 bridgehead atoms. The van der Waals surface area contributed by atoms with Crippen LogP contribution in [0.2, 0.25) is 0 Å². The molecule has 1 unspecified atom stereocenters. The average Bonchev–Trinajstić information content (AvgIpc) is 2.99. The standard InChI is InChI=1S/C14H20BrN3O2S/c15-13-3-1-2-4-14(13)21(19,20)18-8-5-12(11-18)17-9-6-16-7-10-17/h1-4,12,16H,5-11H2. The number of sulfonamides is 1. The molecule has 2 heterocycles. The van der Waals surface area contributed by atoms with Gasteiger partial charge in [0.05, 0.1) is 4.90 Å². The molecule has 116 valence electrons. The monoisotopic (exact) mass is 373 g/mol. The molecule has 1 N–H and O–H groups in total. The lowest BCUT2D eigenvalue weighted by molar-refractivity contribution is 0.179. The SMILES string of the molecule is O=S(=O)(c1ccccc1Br)N1CCC(N2CCNCC2)C1. The molecule has 0 amide bonds. The van der Waals surface area contributed by atoms with E-state index in [1.54, 1.807) is 22.5 Å². The summed E-state index contributed by atoms with van der Waals surface area (Å²) < 4.78 is 27.8. The van der Waals surface area contributed by atoms with Gasteiger partial charge in [0, 0.05) is 49.8 Å². The van der Waals surface area contributed by atoms with Crippen LogP contribution in [0.1, 0.15) is 6.42 Å². The summed E-state index contributed by atoms with van der Waals surface area (Å²) in [6.45, 7) is 5.21. The first kappa shape index (κ1) is 15.4. The number of hydrogen-bond donors (Lipinski definition) is 1. The molecule has 1 aromatic rings. The highest BCUT2D eigenvalue weighted by atomic mass is 79.9. The van der Waals surface area contributed by atoms with E-state index in [0.717, 1.165) is 32.6 Å². The van der Waals surface area contributed by atoms with Crippen molar-refractivity contribution in [2.75, 3.05) is 39.3 Å². The molecule has 21 heavy (non-hydrogen) atoms. The summed E-state index contributed by atoms with van der Waals surface area (Å²) in [6.07, 6.45) is 0.920. The summed E-state index contributed by atoms with van der Waals surface area (Å²) in [4.78, 5) is 2.78. The Balaban J connectivity index is 1.74. The number of halogens is 1. The Kier molecular flexibility index (Phi) is 4.66. The second-order valence-electron chi connectivity index (χ2n) is 5.52. The fourth-order valence-electron chi connectivity index (χ4n) is 3.07. The van der Waals surface area contributed by atoms with E-state index in [1.165, 1.54) is 0 Å². The van der Waals surface area contributed by atoms with E-state index in [4.69, 9.17) is 0 Å². The van der Waals surface area contributed by atoms with Crippen LogP contribution in [-0.4, -0.2) is 62.9 Å². The van der Waals surface area contributed by atoms with E-state index in [1.807, 2.05) is 6.07 Å². The van der Waals surface area contributed by atoms with Gasteiger partial charge in [-0.15, -0.1) is 0 Å². The molecule has 5 nitrogen and oxygen atoms in total. The minimum Gasteiger partial charge on any atom is -0.314 e.